The Bertz CT molecular complexity index is 1350. The number of furan rings is 1. The van der Waals surface area contributed by atoms with Gasteiger partial charge in [0.15, 0.2) is 0 Å². The van der Waals surface area contributed by atoms with Crippen molar-refractivity contribution in [1.82, 2.24) is 4.90 Å². The van der Waals surface area contributed by atoms with Crippen molar-refractivity contribution in [2.75, 3.05) is 25.5 Å². The summed E-state index contributed by atoms with van der Waals surface area (Å²) in [5.74, 6) is 0.770. The molecule has 5 rings (SSSR count). The predicted octanol–water partition coefficient (Wildman–Crippen LogP) is 5.42. The Morgan fingerprint density at radius 3 is 2.61 bits per heavy atom. The van der Waals surface area contributed by atoms with Gasteiger partial charge in [0.2, 0.25) is 5.91 Å². The molecule has 1 aliphatic rings. The van der Waals surface area contributed by atoms with Crippen molar-refractivity contribution in [2.45, 2.75) is 19.4 Å². The molecule has 0 fully saturated rings. The van der Waals surface area contributed by atoms with E-state index in [0.717, 1.165) is 34.9 Å². The second-order valence-electron chi connectivity index (χ2n) is 8.33. The minimum absolute atomic E-state index is 0.0924. The number of para-hydroxylation sites is 1. The van der Waals surface area contributed by atoms with Gasteiger partial charge in [-0.2, -0.15) is 0 Å². The second kappa shape index (κ2) is 8.64. The van der Waals surface area contributed by atoms with Crippen LogP contribution in [-0.4, -0.2) is 42.2 Å². The lowest BCUT2D eigenvalue weighted by Crippen LogP contribution is -2.44. The summed E-state index contributed by atoms with van der Waals surface area (Å²) in [7, 11) is 1.60. The number of phenols is 1. The highest BCUT2D eigenvalue weighted by atomic mass is 16.5. The van der Waals surface area contributed by atoms with Crippen LogP contribution in [0.4, 0.5) is 5.69 Å². The topological polar surface area (TPSA) is 74.9 Å². The molecule has 6 nitrogen and oxygen atoms in total. The number of benzene rings is 3. The number of hydrogen-bond donors (Lipinski definition) is 2. The van der Waals surface area contributed by atoms with Crippen molar-refractivity contribution >= 4 is 39.1 Å². The second-order valence-corrected chi connectivity index (χ2v) is 8.33. The van der Waals surface area contributed by atoms with E-state index in [0.29, 0.717) is 23.6 Å². The zero-order valence-electron chi connectivity index (χ0n) is 18.7. The molecule has 2 heterocycles. The first-order valence-electron chi connectivity index (χ1n) is 11.1. The van der Waals surface area contributed by atoms with Gasteiger partial charge in [-0.1, -0.05) is 36.4 Å². The fourth-order valence-electron chi connectivity index (χ4n) is 4.40. The first-order valence-corrected chi connectivity index (χ1v) is 11.1. The van der Waals surface area contributed by atoms with Gasteiger partial charge in [-0.25, -0.2) is 0 Å². The van der Waals surface area contributed by atoms with Crippen molar-refractivity contribution in [3.63, 3.8) is 0 Å². The van der Waals surface area contributed by atoms with E-state index in [1.165, 1.54) is 5.57 Å². The molecular weight excluding hydrogens is 416 g/mol. The maximum absolute atomic E-state index is 13.1. The number of anilines is 1. The first kappa shape index (κ1) is 21.1. The Morgan fingerprint density at radius 2 is 1.88 bits per heavy atom. The lowest BCUT2D eigenvalue weighted by Gasteiger charge is -2.31. The highest BCUT2D eigenvalue weighted by Crippen LogP contribution is 2.36. The Hall–Kier alpha value is -3.77. The molecule has 3 aromatic carbocycles. The van der Waals surface area contributed by atoms with Crippen molar-refractivity contribution in [3.05, 3.63) is 72.3 Å². The first-order chi connectivity index (χ1) is 16.0. The minimum atomic E-state index is -0.307. The standard InChI is InChI=1S/C27H26N2O4/c1-17(29-13-11-19(12-14-29)18-7-9-20(30)10-8-18)27(31)28-23-16-25-22(15-26(23)32-2)21-5-3-4-6-24(21)33-25/h3-11,15-17,30H,12-14H2,1-2H3,(H,28,31)/t17-/m1/s1. The number of methoxy groups -OCH3 is 1. The van der Waals surface area contributed by atoms with E-state index >= 15 is 0 Å². The molecule has 4 aromatic rings. The zero-order chi connectivity index (χ0) is 22.9. The van der Waals surface area contributed by atoms with Crippen LogP contribution in [0.5, 0.6) is 11.5 Å². The summed E-state index contributed by atoms with van der Waals surface area (Å²) < 4.78 is 11.5. The molecule has 0 radical (unpaired) electrons. The average Bonchev–Trinajstić information content (AvgIpc) is 3.21. The van der Waals surface area contributed by atoms with Gasteiger partial charge in [-0.05, 0) is 48.7 Å². The van der Waals surface area contributed by atoms with Gasteiger partial charge in [-0.3, -0.25) is 9.69 Å². The van der Waals surface area contributed by atoms with E-state index in [1.54, 1.807) is 19.2 Å². The van der Waals surface area contributed by atoms with E-state index in [2.05, 4.69) is 16.3 Å². The zero-order valence-corrected chi connectivity index (χ0v) is 18.7. The van der Waals surface area contributed by atoms with Gasteiger partial charge in [0.1, 0.15) is 22.7 Å². The van der Waals surface area contributed by atoms with Crippen LogP contribution < -0.4 is 10.1 Å². The Balaban J connectivity index is 1.33. The number of nitrogens with zero attached hydrogens (tertiary/aromatic N) is 1. The van der Waals surface area contributed by atoms with Crippen molar-refractivity contribution in [3.8, 4) is 11.5 Å². The van der Waals surface area contributed by atoms with Crippen LogP contribution in [0, 0.1) is 0 Å². The molecule has 0 unspecified atom stereocenters. The number of fused-ring (bicyclic) bond motifs is 3. The summed E-state index contributed by atoms with van der Waals surface area (Å²) in [4.78, 5) is 15.2. The van der Waals surface area contributed by atoms with Crippen LogP contribution >= 0.6 is 0 Å². The third-order valence-corrected chi connectivity index (χ3v) is 6.36. The van der Waals surface area contributed by atoms with Crippen molar-refractivity contribution in [2.24, 2.45) is 0 Å². The molecule has 0 spiro atoms. The molecule has 0 saturated heterocycles. The van der Waals surface area contributed by atoms with Gasteiger partial charge in [0.05, 0.1) is 18.8 Å². The van der Waals surface area contributed by atoms with Crippen LogP contribution in [-0.2, 0) is 4.79 Å². The number of amides is 1. The SMILES string of the molecule is COc1cc2c(cc1NC(=O)[C@@H](C)N1CC=C(c3ccc(O)cc3)CC1)oc1ccccc12. The molecular formula is C27H26N2O4. The number of nitrogens with one attached hydrogen (secondary N) is 1. The fraction of sp³-hybridized carbons (Fsp3) is 0.222. The van der Waals surface area contributed by atoms with Gasteiger partial charge < -0.3 is 19.6 Å². The Labute approximate surface area is 192 Å². The summed E-state index contributed by atoms with van der Waals surface area (Å²) in [6, 6.07) is 18.5. The van der Waals surface area contributed by atoms with Crippen molar-refractivity contribution in [1.29, 1.82) is 0 Å². The van der Waals surface area contributed by atoms with Crippen LogP contribution in [0.1, 0.15) is 18.9 Å². The normalized spacial score (nSPS) is 15.4. The lowest BCUT2D eigenvalue weighted by atomic mass is 9.98. The molecule has 6 heteroatoms. The largest absolute Gasteiger partial charge is 0.508 e. The molecule has 1 atom stereocenters. The van der Waals surface area contributed by atoms with E-state index in [4.69, 9.17) is 9.15 Å². The van der Waals surface area contributed by atoms with E-state index in [9.17, 15) is 9.90 Å². The monoisotopic (exact) mass is 442 g/mol. The molecule has 2 N–H and O–H groups in total. The van der Waals surface area contributed by atoms with Gasteiger partial charge >= 0.3 is 0 Å². The molecule has 0 aliphatic carbocycles. The average molecular weight is 443 g/mol. The summed E-state index contributed by atoms with van der Waals surface area (Å²) in [6.45, 7) is 3.38. The van der Waals surface area contributed by atoms with E-state index in [-0.39, 0.29) is 17.7 Å². The number of aromatic hydroxyl groups is 1. The number of hydrogen-bond acceptors (Lipinski definition) is 5. The maximum atomic E-state index is 13.1. The third kappa shape index (κ3) is 4.05. The third-order valence-electron chi connectivity index (χ3n) is 6.36. The van der Waals surface area contributed by atoms with Gasteiger partial charge in [0.25, 0.3) is 0 Å². The summed E-state index contributed by atoms with van der Waals surface area (Å²) in [5, 5.41) is 14.5. The van der Waals surface area contributed by atoms with E-state index < -0.39 is 0 Å². The quantitative estimate of drug-likeness (QED) is 0.432. The number of ether oxygens (including phenoxy) is 1. The van der Waals surface area contributed by atoms with Crippen molar-refractivity contribution < 1.29 is 19.1 Å². The maximum Gasteiger partial charge on any atom is 0.241 e. The minimum Gasteiger partial charge on any atom is -0.508 e. The highest BCUT2D eigenvalue weighted by Gasteiger charge is 2.25. The molecule has 1 aromatic heterocycles. The number of carbonyl (C=O) groups excluding carboxylic acids is 1. The lowest BCUT2D eigenvalue weighted by molar-refractivity contribution is -0.120. The summed E-state index contributed by atoms with van der Waals surface area (Å²) >= 11 is 0. The predicted molar refractivity (Wildman–Crippen MR) is 131 cm³/mol. The number of carbonyl (C=O) groups is 1. The van der Waals surface area contributed by atoms with Crippen LogP contribution in [0.25, 0.3) is 27.5 Å². The van der Waals surface area contributed by atoms with Crippen LogP contribution in [0.15, 0.2) is 71.2 Å². The van der Waals surface area contributed by atoms with Gasteiger partial charge in [-0.15, -0.1) is 0 Å². The van der Waals surface area contributed by atoms with Crippen LogP contribution in [0.3, 0.4) is 0 Å². The Kier molecular flexibility index (Phi) is 5.52. The number of rotatable bonds is 5. The Morgan fingerprint density at radius 1 is 1.09 bits per heavy atom. The molecule has 1 aliphatic heterocycles. The fourth-order valence-corrected chi connectivity index (χ4v) is 4.40. The highest BCUT2D eigenvalue weighted by molar-refractivity contribution is 6.08. The summed E-state index contributed by atoms with van der Waals surface area (Å²) in [6.07, 6.45) is 3.00. The molecule has 0 bridgehead atoms. The molecule has 168 valence electrons. The molecule has 1 amide bonds. The summed E-state index contributed by atoms with van der Waals surface area (Å²) in [5.41, 5.74) is 4.44. The smallest absolute Gasteiger partial charge is 0.241 e. The van der Waals surface area contributed by atoms with Crippen LogP contribution in [0.2, 0.25) is 0 Å². The number of phenolic OH excluding ortho intramolecular Hbond substituents is 1. The van der Waals surface area contributed by atoms with E-state index in [1.807, 2.05) is 55.5 Å². The molecule has 33 heavy (non-hydrogen) atoms. The molecule has 0 saturated carbocycles. The van der Waals surface area contributed by atoms with Gasteiger partial charge in [0, 0.05) is 29.9 Å².